The zero-order valence-electron chi connectivity index (χ0n) is 21.1. The predicted octanol–water partition coefficient (Wildman–Crippen LogP) is 2.89. The first-order chi connectivity index (χ1) is 17.2. The molecule has 8 nitrogen and oxygen atoms in total. The van der Waals surface area contributed by atoms with E-state index in [0.29, 0.717) is 18.7 Å². The van der Waals surface area contributed by atoms with Gasteiger partial charge in [0.25, 0.3) is 5.91 Å². The van der Waals surface area contributed by atoms with Crippen LogP contribution in [0, 0.1) is 23.6 Å². The Balaban J connectivity index is 1.95. The first-order valence-electron chi connectivity index (χ1n) is 12.1. The van der Waals surface area contributed by atoms with Gasteiger partial charge in [-0.15, -0.1) is 0 Å². The van der Waals surface area contributed by atoms with Crippen LogP contribution in [-0.2, 0) is 0 Å². The summed E-state index contributed by atoms with van der Waals surface area (Å²) < 4.78 is 20.2. The monoisotopic (exact) mass is 496 g/mol. The van der Waals surface area contributed by atoms with Crippen molar-refractivity contribution in [2.75, 3.05) is 33.3 Å². The van der Waals surface area contributed by atoms with Gasteiger partial charge in [-0.05, 0) is 31.5 Å². The first kappa shape index (κ1) is 27.0. The molecule has 0 fully saturated rings. The third kappa shape index (κ3) is 6.52. The average Bonchev–Trinajstić information content (AvgIpc) is 2.88. The first-order valence-corrected chi connectivity index (χ1v) is 12.1. The Morgan fingerprint density at radius 3 is 2.83 bits per heavy atom. The molecule has 1 aromatic carbocycles. The number of carbonyl (C=O) groups excluding carboxylic acids is 2. The van der Waals surface area contributed by atoms with Gasteiger partial charge in [0.1, 0.15) is 17.5 Å². The Labute approximate surface area is 211 Å². The molecule has 192 valence electrons. The van der Waals surface area contributed by atoms with Gasteiger partial charge in [0.05, 0.1) is 24.8 Å². The Morgan fingerprint density at radius 2 is 2.14 bits per heavy atom. The molecule has 3 amide bonds. The van der Waals surface area contributed by atoms with Crippen molar-refractivity contribution in [2.45, 2.75) is 39.3 Å². The van der Waals surface area contributed by atoms with E-state index in [1.807, 2.05) is 13.8 Å². The number of pyridine rings is 1. The lowest BCUT2D eigenvalue weighted by Crippen LogP contribution is -2.51. The van der Waals surface area contributed by atoms with Gasteiger partial charge in [0.15, 0.2) is 0 Å². The van der Waals surface area contributed by atoms with E-state index in [0.717, 1.165) is 6.42 Å². The number of aromatic nitrogens is 1. The van der Waals surface area contributed by atoms with E-state index in [9.17, 15) is 19.1 Å². The van der Waals surface area contributed by atoms with Crippen LogP contribution < -0.4 is 10.1 Å². The van der Waals surface area contributed by atoms with Crippen molar-refractivity contribution in [2.24, 2.45) is 5.92 Å². The Kier molecular flexibility index (Phi) is 9.25. The van der Waals surface area contributed by atoms with Crippen LogP contribution in [0.25, 0.3) is 0 Å². The standard InChI is InChI=1S/C27H33FN4O4/c1-5-12-29-27(35)31(4)16-24-18(2)15-32(19(3)17-33)26(34)22-13-20(14-30-25(22)36-24)10-11-21-8-6-7-9-23(21)28/h6-9,13-14,18-19,24,33H,5,12,15-17H2,1-4H3,(H,29,35)/t18-,19-,24+/m1/s1. The van der Waals surface area contributed by atoms with Crippen LogP contribution in [0.4, 0.5) is 9.18 Å². The maximum atomic E-state index is 14.0. The summed E-state index contributed by atoms with van der Waals surface area (Å²) in [6.45, 7) is 6.64. The fourth-order valence-electron chi connectivity index (χ4n) is 3.81. The van der Waals surface area contributed by atoms with Crippen molar-refractivity contribution >= 4 is 11.9 Å². The molecular formula is C27H33FN4O4. The van der Waals surface area contributed by atoms with E-state index >= 15 is 0 Å². The molecule has 0 unspecified atom stereocenters. The minimum atomic E-state index is -0.453. The van der Waals surface area contributed by atoms with Crippen molar-refractivity contribution in [1.82, 2.24) is 20.1 Å². The molecule has 0 bridgehead atoms. The van der Waals surface area contributed by atoms with Gasteiger partial charge in [-0.2, -0.15) is 0 Å². The van der Waals surface area contributed by atoms with E-state index in [1.54, 1.807) is 48.0 Å². The summed E-state index contributed by atoms with van der Waals surface area (Å²) in [5, 5.41) is 12.6. The molecule has 1 aliphatic heterocycles. The summed E-state index contributed by atoms with van der Waals surface area (Å²) in [6.07, 6.45) is 1.84. The third-order valence-corrected chi connectivity index (χ3v) is 6.06. The lowest BCUT2D eigenvalue weighted by Gasteiger charge is -2.37. The number of benzene rings is 1. The molecule has 0 aliphatic carbocycles. The van der Waals surface area contributed by atoms with E-state index < -0.39 is 18.0 Å². The molecule has 36 heavy (non-hydrogen) atoms. The van der Waals surface area contributed by atoms with Crippen molar-refractivity contribution in [1.29, 1.82) is 0 Å². The minimum absolute atomic E-state index is 0.130. The van der Waals surface area contributed by atoms with E-state index in [4.69, 9.17) is 4.74 Å². The fourth-order valence-corrected chi connectivity index (χ4v) is 3.81. The summed E-state index contributed by atoms with van der Waals surface area (Å²) in [6, 6.07) is 7.10. The van der Waals surface area contributed by atoms with Crippen LogP contribution in [-0.4, -0.2) is 77.3 Å². The summed E-state index contributed by atoms with van der Waals surface area (Å²) in [5.41, 5.74) is 0.859. The molecule has 9 heteroatoms. The van der Waals surface area contributed by atoms with Crippen LogP contribution in [0.1, 0.15) is 48.7 Å². The number of aliphatic hydroxyl groups excluding tert-OH is 1. The van der Waals surface area contributed by atoms with E-state index in [2.05, 4.69) is 22.1 Å². The Morgan fingerprint density at radius 1 is 1.39 bits per heavy atom. The van der Waals surface area contributed by atoms with Crippen molar-refractivity contribution < 1.29 is 23.8 Å². The molecule has 3 rings (SSSR count). The Bertz CT molecular complexity index is 1150. The predicted molar refractivity (Wildman–Crippen MR) is 134 cm³/mol. The molecule has 2 heterocycles. The molecule has 1 aliphatic rings. The molecule has 1 aromatic heterocycles. The highest BCUT2D eigenvalue weighted by Gasteiger charge is 2.34. The molecule has 0 spiro atoms. The van der Waals surface area contributed by atoms with E-state index in [1.165, 1.54) is 12.3 Å². The van der Waals surface area contributed by atoms with E-state index in [-0.39, 0.29) is 48.0 Å². The maximum absolute atomic E-state index is 14.0. The number of urea groups is 1. The van der Waals surface area contributed by atoms with Gasteiger partial charge in [-0.1, -0.05) is 37.8 Å². The van der Waals surface area contributed by atoms with Gasteiger partial charge < -0.3 is 25.0 Å². The average molecular weight is 497 g/mol. The number of ether oxygens (including phenoxy) is 1. The fraction of sp³-hybridized carbons (Fsp3) is 0.444. The second kappa shape index (κ2) is 12.4. The second-order valence-corrected chi connectivity index (χ2v) is 9.04. The van der Waals surface area contributed by atoms with Crippen LogP contribution >= 0.6 is 0 Å². The van der Waals surface area contributed by atoms with Crippen LogP contribution in [0.2, 0.25) is 0 Å². The highest BCUT2D eigenvalue weighted by atomic mass is 19.1. The van der Waals surface area contributed by atoms with Gasteiger partial charge in [0.2, 0.25) is 5.88 Å². The lowest BCUT2D eigenvalue weighted by atomic mass is 10.00. The summed E-state index contributed by atoms with van der Waals surface area (Å²) in [5.74, 6) is 4.84. The largest absolute Gasteiger partial charge is 0.472 e. The van der Waals surface area contributed by atoms with Crippen molar-refractivity contribution in [3.05, 3.63) is 59.0 Å². The summed E-state index contributed by atoms with van der Waals surface area (Å²) in [4.78, 5) is 33.4. The normalized spacial score (nSPS) is 18.1. The lowest BCUT2D eigenvalue weighted by molar-refractivity contribution is 0.0352. The Hall–Kier alpha value is -3.64. The number of rotatable bonds is 6. The van der Waals surface area contributed by atoms with Crippen molar-refractivity contribution in [3.63, 3.8) is 0 Å². The molecule has 0 saturated heterocycles. The number of hydrogen-bond acceptors (Lipinski definition) is 5. The quantitative estimate of drug-likeness (QED) is 0.600. The number of amides is 3. The molecule has 3 atom stereocenters. The minimum Gasteiger partial charge on any atom is -0.472 e. The smallest absolute Gasteiger partial charge is 0.317 e. The molecule has 2 aromatic rings. The van der Waals surface area contributed by atoms with Crippen LogP contribution in [0.15, 0.2) is 36.5 Å². The maximum Gasteiger partial charge on any atom is 0.317 e. The highest BCUT2D eigenvalue weighted by molar-refractivity contribution is 5.97. The summed E-state index contributed by atoms with van der Waals surface area (Å²) in [7, 11) is 1.69. The topological polar surface area (TPSA) is 95.0 Å². The molecular weight excluding hydrogens is 463 g/mol. The number of halogens is 1. The number of nitrogens with one attached hydrogen (secondary N) is 1. The molecule has 0 radical (unpaired) electrons. The number of likely N-dealkylation sites (N-methyl/N-ethyl adjacent to an activating group) is 1. The van der Waals surface area contributed by atoms with Crippen molar-refractivity contribution in [3.8, 4) is 17.7 Å². The SMILES string of the molecule is CCCNC(=O)N(C)C[C@@H]1Oc2ncc(C#Cc3ccccc3F)cc2C(=O)N([C@H](C)CO)C[C@H]1C. The number of hydrogen-bond donors (Lipinski definition) is 2. The number of fused-ring (bicyclic) bond motifs is 1. The zero-order chi connectivity index (χ0) is 26.2. The van der Waals surface area contributed by atoms with Gasteiger partial charge in [-0.25, -0.2) is 14.2 Å². The van der Waals surface area contributed by atoms with Crippen LogP contribution in [0.3, 0.4) is 0 Å². The molecule has 0 saturated carbocycles. The number of carbonyl (C=O) groups is 2. The summed E-state index contributed by atoms with van der Waals surface area (Å²) >= 11 is 0. The second-order valence-electron chi connectivity index (χ2n) is 9.04. The number of nitrogens with zero attached hydrogens (tertiary/aromatic N) is 3. The van der Waals surface area contributed by atoms with Crippen LogP contribution in [0.5, 0.6) is 5.88 Å². The zero-order valence-corrected chi connectivity index (χ0v) is 21.1. The highest BCUT2D eigenvalue weighted by Crippen LogP contribution is 2.27. The van der Waals surface area contributed by atoms with Gasteiger partial charge in [0, 0.05) is 37.8 Å². The van der Waals surface area contributed by atoms with Gasteiger partial charge >= 0.3 is 6.03 Å². The third-order valence-electron chi connectivity index (χ3n) is 6.06. The molecule has 2 N–H and O–H groups in total. The van der Waals surface area contributed by atoms with Gasteiger partial charge in [-0.3, -0.25) is 4.79 Å². The number of aliphatic hydroxyl groups is 1.